The quantitative estimate of drug-likeness (QED) is 0.895. The van der Waals surface area contributed by atoms with Crippen LogP contribution >= 0.6 is 23.1 Å². The van der Waals surface area contributed by atoms with Crippen molar-refractivity contribution in [1.82, 2.24) is 15.0 Å². The van der Waals surface area contributed by atoms with E-state index in [1.165, 1.54) is 29.2 Å². The Morgan fingerprint density at radius 1 is 1.58 bits per heavy atom. The lowest BCUT2D eigenvalue weighted by Crippen LogP contribution is -2.20. The molecule has 0 atom stereocenters. The summed E-state index contributed by atoms with van der Waals surface area (Å²) in [5.41, 5.74) is -0.236. The average Bonchev–Trinajstić information content (AvgIpc) is 2.74. The first-order valence-corrected chi connectivity index (χ1v) is 7.62. The Labute approximate surface area is 117 Å². The summed E-state index contributed by atoms with van der Waals surface area (Å²) >= 11 is 2.89. The second-order valence-electron chi connectivity index (χ2n) is 3.74. The predicted molar refractivity (Wildman–Crippen MR) is 76.9 cm³/mol. The average molecular weight is 296 g/mol. The van der Waals surface area contributed by atoms with E-state index in [1.807, 2.05) is 13.2 Å². The van der Waals surface area contributed by atoms with Gasteiger partial charge in [0.2, 0.25) is 0 Å². The first kappa shape index (κ1) is 13.8. The van der Waals surface area contributed by atoms with E-state index in [1.54, 1.807) is 6.20 Å². The number of amides is 1. The molecular formula is C11H12N4O2S2. The zero-order chi connectivity index (χ0) is 13.8. The Bertz CT molecular complexity index is 650. The lowest BCUT2D eigenvalue weighted by Gasteiger charge is -2.03. The monoisotopic (exact) mass is 296 g/mol. The number of hydrogen-bond acceptors (Lipinski definition) is 6. The molecule has 2 aromatic rings. The van der Waals surface area contributed by atoms with Crippen molar-refractivity contribution in [1.29, 1.82) is 0 Å². The third kappa shape index (κ3) is 3.65. The lowest BCUT2D eigenvalue weighted by atomic mass is 10.4. The third-order valence-electron chi connectivity index (χ3n) is 2.15. The Balaban J connectivity index is 2.21. The van der Waals surface area contributed by atoms with E-state index >= 15 is 0 Å². The molecule has 1 amide bonds. The van der Waals surface area contributed by atoms with Gasteiger partial charge in [0.1, 0.15) is 11.5 Å². The highest BCUT2D eigenvalue weighted by Crippen LogP contribution is 2.17. The van der Waals surface area contributed by atoms with Gasteiger partial charge in [-0.3, -0.25) is 14.9 Å². The standard InChI is InChI=1S/C11H12N4O2S2/c1-6-4-12-11(19-6)15-10(17)7-3-9(16)14-8(13-7)5-18-2/h3-4H,5H2,1-2H3,(H,12,15,17)(H,13,14,16). The van der Waals surface area contributed by atoms with E-state index < -0.39 is 5.91 Å². The number of nitrogens with one attached hydrogen (secondary N) is 2. The van der Waals surface area contributed by atoms with Crippen molar-refractivity contribution in [3.63, 3.8) is 0 Å². The van der Waals surface area contributed by atoms with Gasteiger partial charge < -0.3 is 4.98 Å². The summed E-state index contributed by atoms with van der Waals surface area (Å²) in [6.07, 6.45) is 3.57. The smallest absolute Gasteiger partial charge is 0.276 e. The summed E-state index contributed by atoms with van der Waals surface area (Å²) < 4.78 is 0. The molecular weight excluding hydrogens is 284 g/mol. The molecule has 0 bridgehead atoms. The summed E-state index contributed by atoms with van der Waals surface area (Å²) in [7, 11) is 0. The second-order valence-corrected chi connectivity index (χ2v) is 5.84. The van der Waals surface area contributed by atoms with Crippen LogP contribution < -0.4 is 10.9 Å². The fourth-order valence-corrected chi connectivity index (χ4v) is 2.47. The molecule has 2 heterocycles. The van der Waals surface area contributed by atoms with Gasteiger partial charge in [-0.15, -0.1) is 11.3 Å². The fraction of sp³-hybridized carbons (Fsp3) is 0.273. The Morgan fingerprint density at radius 2 is 2.37 bits per heavy atom. The van der Waals surface area contributed by atoms with Crippen molar-refractivity contribution >= 4 is 34.1 Å². The van der Waals surface area contributed by atoms with Crippen molar-refractivity contribution in [3.8, 4) is 0 Å². The summed E-state index contributed by atoms with van der Waals surface area (Å²) in [5.74, 6) is 0.607. The predicted octanol–water partition coefficient (Wildman–Crippen LogP) is 1.65. The largest absolute Gasteiger partial charge is 0.310 e. The number of anilines is 1. The number of thioether (sulfide) groups is 1. The van der Waals surface area contributed by atoms with Crippen LogP contribution in [0.15, 0.2) is 17.1 Å². The molecule has 0 aromatic carbocycles. The zero-order valence-electron chi connectivity index (χ0n) is 10.4. The molecule has 0 aliphatic carbocycles. The number of aromatic nitrogens is 3. The number of aryl methyl sites for hydroxylation is 1. The van der Waals surface area contributed by atoms with E-state index in [-0.39, 0.29) is 11.3 Å². The molecule has 2 aromatic heterocycles. The van der Waals surface area contributed by atoms with E-state index in [2.05, 4.69) is 20.3 Å². The number of nitrogens with zero attached hydrogens (tertiary/aromatic N) is 2. The number of H-pyrrole nitrogens is 1. The first-order chi connectivity index (χ1) is 9.08. The lowest BCUT2D eigenvalue weighted by molar-refractivity contribution is 0.102. The van der Waals surface area contributed by atoms with E-state index in [0.717, 1.165) is 4.88 Å². The van der Waals surface area contributed by atoms with Gasteiger partial charge in [0, 0.05) is 17.1 Å². The topological polar surface area (TPSA) is 87.7 Å². The van der Waals surface area contributed by atoms with Gasteiger partial charge in [-0.1, -0.05) is 0 Å². The maximum atomic E-state index is 12.0. The first-order valence-electron chi connectivity index (χ1n) is 5.41. The third-order valence-corrected chi connectivity index (χ3v) is 3.54. The van der Waals surface area contributed by atoms with Gasteiger partial charge >= 0.3 is 0 Å². The molecule has 2 N–H and O–H groups in total. The van der Waals surface area contributed by atoms with Crippen molar-refractivity contribution in [3.05, 3.63) is 39.0 Å². The maximum absolute atomic E-state index is 12.0. The number of thiazole rings is 1. The normalized spacial score (nSPS) is 10.4. The second kappa shape index (κ2) is 5.98. The molecule has 8 heteroatoms. The number of hydrogen-bond donors (Lipinski definition) is 2. The van der Waals surface area contributed by atoms with E-state index in [0.29, 0.717) is 16.7 Å². The van der Waals surface area contributed by atoms with Gasteiger partial charge in [-0.25, -0.2) is 9.97 Å². The highest BCUT2D eigenvalue weighted by molar-refractivity contribution is 7.97. The van der Waals surface area contributed by atoms with Crippen molar-refractivity contribution in [2.24, 2.45) is 0 Å². The van der Waals surface area contributed by atoms with Crippen LogP contribution in [0.5, 0.6) is 0 Å². The molecule has 0 fully saturated rings. The molecule has 0 unspecified atom stereocenters. The van der Waals surface area contributed by atoms with Crippen LogP contribution in [0.4, 0.5) is 5.13 Å². The van der Waals surface area contributed by atoms with Crippen molar-refractivity contribution in [2.75, 3.05) is 11.6 Å². The SMILES string of the molecule is CSCc1nc(C(=O)Nc2ncc(C)s2)cc(=O)[nH]1. The van der Waals surface area contributed by atoms with Crippen LogP contribution in [0.1, 0.15) is 21.2 Å². The molecule has 0 spiro atoms. The number of carbonyl (C=O) groups excluding carboxylic acids is 1. The maximum Gasteiger partial charge on any atom is 0.276 e. The Morgan fingerprint density at radius 3 is 3.00 bits per heavy atom. The molecule has 6 nitrogen and oxygen atoms in total. The highest BCUT2D eigenvalue weighted by Gasteiger charge is 2.12. The molecule has 0 aliphatic heterocycles. The fourth-order valence-electron chi connectivity index (χ4n) is 1.40. The van der Waals surface area contributed by atoms with Crippen molar-refractivity contribution < 1.29 is 4.79 Å². The molecule has 19 heavy (non-hydrogen) atoms. The molecule has 2 rings (SSSR count). The van der Waals surface area contributed by atoms with E-state index in [4.69, 9.17) is 0 Å². The van der Waals surface area contributed by atoms with Gasteiger partial charge in [-0.05, 0) is 13.2 Å². The van der Waals surface area contributed by atoms with Gasteiger partial charge in [-0.2, -0.15) is 11.8 Å². The minimum atomic E-state index is -0.428. The van der Waals surface area contributed by atoms with Crippen LogP contribution in [0, 0.1) is 6.92 Å². The number of aromatic amines is 1. The van der Waals surface area contributed by atoms with Crippen molar-refractivity contribution in [2.45, 2.75) is 12.7 Å². The van der Waals surface area contributed by atoms with E-state index in [9.17, 15) is 9.59 Å². The number of rotatable bonds is 4. The molecule has 0 aliphatic rings. The molecule has 100 valence electrons. The summed E-state index contributed by atoms with van der Waals surface area (Å²) in [5, 5.41) is 3.12. The summed E-state index contributed by atoms with van der Waals surface area (Å²) in [6, 6.07) is 1.18. The van der Waals surface area contributed by atoms with Gasteiger partial charge in [0.05, 0.1) is 5.75 Å². The Kier molecular flexibility index (Phi) is 4.33. The van der Waals surface area contributed by atoms with Crippen LogP contribution in [-0.2, 0) is 5.75 Å². The van der Waals surface area contributed by atoms with Crippen LogP contribution in [0.3, 0.4) is 0 Å². The number of carbonyl (C=O) groups is 1. The summed E-state index contributed by atoms with van der Waals surface area (Å²) in [6.45, 7) is 1.90. The minimum Gasteiger partial charge on any atom is -0.310 e. The van der Waals surface area contributed by atoms with Gasteiger partial charge in [0.15, 0.2) is 5.13 Å². The highest BCUT2D eigenvalue weighted by atomic mass is 32.2. The molecule has 0 saturated heterocycles. The van der Waals surface area contributed by atoms with Crippen LogP contribution in [0.2, 0.25) is 0 Å². The Hall–Kier alpha value is -1.67. The summed E-state index contributed by atoms with van der Waals surface area (Å²) in [4.78, 5) is 35.1. The van der Waals surface area contributed by atoms with Crippen LogP contribution in [-0.4, -0.2) is 27.1 Å². The zero-order valence-corrected chi connectivity index (χ0v) is 12.0. The minimum absolute atomic E-state index is 0.0978. The van der Waals surface area contributed by atoms with Crippen LogP contribution in [0.25, 0.3) is 0 Å². The molecule has 0 radical (unpaired) electrons. The van der Waals surface area contributed by atoms with Gasteiger partial charge in [0.25, 0.3) is 11.5 Å². The molecule has 0 saturated carbocycles.